The van der Waals surface area contributed by atoms with Crippen LogP contribution in [-0.4, -0.2) is 29.6 Å². The van der Waals surface area contributed by atoms with Crippen LogP contribution in [0.25, 0.3) is 0 Å². The van der Waals surface area contributed by atoms with Crippen molar-refractivity contribution in [2.75, 3.05) is 0 Å². The largest absolute Gasteiger partial charge is 0.310 e. The van der Waals surface area contributed by atoms with Gasteiger partial charge in [-0.05, 0) is 13.8 Å². The van der Waals surface area contributed by atoms with E-state index in [-0.39, 0.29) is 17.6 Å². The normalized spacial score (nSPS) is 22.2. The fraction of sp³-hybridized carbons (Fsp3) is 0.375. The number of hydrazone groups is 1. The van der Waals surface area contributed by atoms with Crippen molar-refractivity contribution < 1.29 is 4.79 Å². The number of hydrogen-bond acceptors (Lipinski definition) is 4. The highest BCUT2D eigenvalue weighted by atomic mass is 16.2. The van der Waals surface area contributed by atoms with Crippen molar-refractivity contribution in [1.82, 2.24) is 10.3 Å². The van der Waals surface area contributed by atoms with Crippen molar-refractivity contribution >= 4 is 18.6 Å². The Hall–Kier alpha value is -1.65. The van der Waals surface area contributed by atoms with E-state index >= 15 is 0 Å². The summed E-state index contributed by atoms with van der Waals surface area (Å²) >= 11 is 0. The van der Waals surface area contributed by atoms with Crippen molar-refractivity contribution in [3.05, 3.63) is 12.3 Å². The first-order valence-corrected chi connectivity index (χ1v) is 3.96. The molecule has 0 aromatic rings. The second kappa shape index (κ2) is 3.84. The number of hydrogen-bond donors (Lipinski definition) is 1. The van der Waals surface area contributed by atoms with Crippen LogP contribution in [0.4, 0.5) is 0 Å². The van der Waals surface area contributed by atoms with Crippen LogP contribution in [0.2, 0.25) is 0 Å². The van der Waals surface area contributed by atoms with Crippen LogP contribution in [0.15, 0.2) is 22.4 Å². The molecule has 0 spiro atoms. The lowest BCUT2D eigenvalue weighted by Crippen LogP contribution is -2.31. The molecule has 70 valence electrons. The summed E-state index contributed by atoms with van der Waals surface area (Å²) in [5, 5.41) is 8.02. The van der Waals surface area contributed by atoms with E-state index in [0.29, 0.717) is 0 Å². The zero-order valence-corrected chi connectivity index (χ0v) is 7.69. The van der Waals surface area contributed by atoms with E-state index in [4.69, 9.17) is 0 Å². The van der Waals surface area contributed by atoms with E-state index in [2.05, 4.69) is 22.0 Å². The van der Waals surface area contributed by atoms with Gasteiger partial charge in [0.15, 0.2) is 0 Å². The molecule has 0 bridgehead atoms. The third-order valence-corrected chi connectivity index (χ3v) is 1.51. The van der Waals surface area contributed by atoms with E-state index < -0.39 is 0 Å². The summed E-state index contributed by atoms with van der Waals surface area (Å²) in [6.45, 7) is 7.43. The average molecular weight is 180 g/mol. The minimum atomic E-state index is -0.330. The first kappa shape index (κ1) is 9.44. The monoisotopic (exact) mass is 180 g/mol. The number of nitrogens with one attached hydrogen (secondary N) is 1. The molecule has 5 nitrogen and oxygen atoms in total. The van der Waals surface area contributed by atoms with Crippen LogP contribution in [0.3, 0.4) is 0 Å². The summed E-state index contributed by atoms with van der Waals surface area (Å²) in [6.07, 6.45) is 2.82. The molecule has 1 N–H and O–H groups in total. The summed E-state index contributed by atoms with van der Waals surface area (Å²) in [6, 6.07) is 0.197. The molecular weight excluding hydrogens is 168 g/mol. The second-order valence-corrected chi connectivity index (χ2v) is 2.88. The molecule has 1 aliphatic heterocycles. The molecular formula is C8H12N4O. The molecule has 5 heteroatoms. The Morgan fingerprint density at radius 3 is 2.92 bits per heavy atom. The van der Waals surface area contributed by atoms with Gasteiger partial charge in [0.2, 0.25) is 0 Å². The van der Waals surface area contributed by atoms with Gasteiger partial charge < -0.3 is 5.32 Å². The lowest BCUT2D eigenvalue weighted by Gasteiger charge is -2.18. The standard InChI is InChI=1S/C8H12N4O/c1-6(2)12-5-10-7(3)8(13)9-4-11-12/h4-6H,3H2,1-2H3,(H,9,11,13)/b10-5-. The zero-order chi connectivity index (χ0) is 9.84. The molecule has 0 unspecified atom stereocenters. The van der Waals surface area contributed by atoms with E-state index in [1.165, 1.54) is 12.7 Å². The Bertz CT molecular complexity index is 280. The summed E-state index contributed by atoms with van der Waals surface area (Å²) in [5.41, 5.74) is 0.178. The number of aliphatic imine (C=N–C) groups is 1. The first-order chi connectivity index (χ1) is 6.11. The number of carbonyl (C=O) groups excluding carboxylic acids is 1. The molecule has 0 saturated carbocycles. The highest BCUT2D eigenvalue weighted by Crippen LogP contribution is 1.99. The molecule has 0 saturated heterocycles. The van der Waals surface area contributed by atoms with Gasteiger partial charge in [0.05, 0.1) is 0 Å². The van der Waals surface area contributed by atoms with Gasteiger partial charge in [-0.15, -0.1) is 0 Å². The van der Waals surface area contributed by atoms with Crippen LogP contribution < -0.4 is 5.32 Å². The highest BCUT2D eigenvalue weighted by molar-refractivity contribution is 6.00. The van der Waals surface area contributed by atoms with Crippen LogP contribution in [-0.2, 0) is 4.79 Å². The fourth-order valence-electron chi connectivity index (χ4n) is 0.721. The maximum atomic E-state index is 11.0. The summed E-state index contributed by atoms with van der Waals surface area (Å²) in [7, 11) is 0. The van der Waals surface area contributed by atoms with Gasteiger partial charge in [0.25, 0.3) is 5.91 Å². The second-order valence-electron chi connectivity index (χ2n) is 2.88. The zero-order valence-electron chi connectivity index (χ0n) is 7.69. The Labute approximate surface area is 76.8 Å². The first-order valence-electron chi connectivity index (χ1n) is 3.96. The quantitative estimate of drug-likeness (QED) is 0.590. The van der Waals surface area contributed by atoms with E-state index in [1.807, 2.05) is 13.8 Å². The fourth-order valence-corrected chi connectivity index (χ4v) is 0.721. The number of carbonyl (C=O) groups is 1. The Morgan fingerprint density at radius 2 is 2.31 bits per heavy atom. The molecule has 1 heterocycles. The Balaban J connectivity index is 2.79. The maximum absolute atomic E-state index is 11.0. The van der Waals surface area contributed by atoms with Gasteiger partial charge in [-0.1, -0.05) is 6.58 Å². The van der Waals surface area contributed by atoms with E-state index in [1.54, 1.807) is 5.01 Å². The molecule has 0 fully saturated rings. The molecule has 0 radical (unpaired) electrons. The Kier molecular flexibility index (Phi) is 2.79. The topological polar surface area (TPSA) is 57.1 Å². The van der Waals surface area contributed by atoms with Gasteiger partial charge in [-0.3, -0.25) is 9.80 Å². The molecule has 0 atom stereocenters. The van der Waals surface area contributed by atoms with E-state index in [9.17, 15) is 4.79 Å². The van der Waals surface area contributed by atoms with Gasteiger partial charge in [-0.25, -0.2) is 4.99 Å². The number of nitrogens with zero attached hydrogens (tertiary/aromatic N) is 3. The number of rotatable bonds is 1. The van der Waals surface area contributed by atoms with Gasteiger partial charge in [-0.2, -0.15) is 5.10 Å². The summed E-state index contributed by atoms with van der Waals surface area (Å²) in [4.78, 5) is 14.9. The highest BCUT2D eigenvalue weighted by Gasteiger charge is 2.08. The van der Waals surface area contributed by atoms with Crippen molar-refractivity contribution in [2.45, 2.75) is 19.9 Å². The third-order valence-electron chi connectivity index (χ3n) is 1.51. The molecule has 0 aromatic carbocycles. The van der Waals surface area contributed by atoms with Crippen molar-refractivity contribution in [3.63, 3.8) is 0 Å². The molecule has 1 aliphatic rings. The molecule has 0 aliphatic carbocycles. The minimum absolute atomic E-state index is 0.178. The minimum Gasteiger partial charge on any atom is -0.310 e. The lowest BCUT2D eigenvalue weighted by molar-refractivity contribution is -0.116. The summed E-state index contributed by atoms with van der Waals surface area (Å²) in [5.74, 6) is -0.330. The molecule has 13 heavy (non-hydrogen) atoms. The van der Waals surface area contributed by atoms with Crippen molar-refractivity contribution in [2.24, 2.45) is 10.1 Å². The van der Waals surface area contributed by atoms with Gasteiger partial charge >= 0.3 is 0 Å². The number of amides is 1. The van der Waals surface area contributed by atoms with Crippen LogP contribution in [0, 0.1) is 0 Å². The van der Waals surface area contributed by atoms with Crippen molar-refractivity contribution in [3.8, 4) is 0 Å². The molecule has 1 rings (SSSR count). The predicted octanol–water partition coefficient (Wildman–Crippen LogP) is 0.312. The van der Waals surface area contributed by atoms with Crippen LogP contribution >= 0.6 is 0 Å². The predicted molar refractivity (Wildman–Crippen MR) is 51.2 cm³/mol. The third kappa shape index (κ3) is 2.40. The molecule has 0 aromatic heterocycles. The van der Waals surface area contributed by atoms with Crippen LogP contribution in [0.5, 0.6) is 0 Å². The summed E-state index contributed by atoms with van der Waals surface area (Å²) < 4.78 is 0. The van der Waals surface area contributed by atoms with Crippen LogP contribution in [0.1, 0.15) is 13.8 Å². The average Bonchev–Trinajstić information content (AvgIpc) is 2.06. The van der Waals surface area contributed by atoms with Gasteiger partial charge in [0, 0.05) is 6.04 Å². The van der Waals surface area contributed by atoms with Gasteiger partial charge in [0.1, 0.15) is 18.4 Å². The lowest BCUT2D eigenvalue weighted by atomic mass is 10.4. The molecule has 1 amide bonds. The SMILES string of the molecule is C=C1/N=C\N(C(C)C)/N=C\NC1=O. The maximum Gasteiger partial charge on any atom is 0.274 e. The van der Waals surface area contributed by atoms with E-state index in [0.717, 1.165) is 0 Å². The smallest absolute Gasteiger partial charge is 0.274 e. The van der Waals surface area contributed by atoms with Crippen molar-refractivity contribution in [1.29, 1.82) is 0 Å². The Morgan fingerprint density at radius 1 is 1.62 bits per heavy atom.